The number of nitrogens with one attached hydrogen (secondary N) is 1. The Morgan fingerprint density at radius 3 is 2.52 bits per heavy atom. The highest BCUT2D eigenvalue weighted by molar-refractivity contribution is 6.05. The molecule has 1 N–H and O–H groups in total. The van der Waals surface area contributed by atoms with E-state index in [1.54, 1.807) is 19.1 Å². The van der Waals surface area contributed by atoms with Gasteiger partial charge in [0.15, 0.2) is 0 Å². The van der Waals surface area contributed by atoms with Crippen molar-refractivity contribution in [2.75, 3.05) is 0 Å². The predicted octanol–water partition coefficient (Wildman–Crippen LogP) is 3.50. The molecule has 0 bridgehead atoms. The van der Waals surface area contributed by atoms with E-state index in [0.717, 1.165) is 11.1 Å². The molecule has 2 aromatic carbocycles. The zero-order chi connectivity index (χ0) is 16.4. The molecule has 0 aliphatic rings. The smallest absolute Gasteiger partial charge is 0.340 e. The van der Waals surface area contributed by atoms with E-state index < -0.39 is 5.97 Å². The van der Waals surface area contributed by atoms with Crippen molar-refractivity contribution >= 4 is 16.7 Å². The van der Waals surface area contributed by atoms with Crippen molar-refractivity contribution in [3.63, 3.8) is 0 Å². The highest BCUT2D eigenvalue weighted by Crippen LogP contribution is 2.20. The Labute approximate surface area is 133 Å². The second kappa shape index (κ2) is 6.08. The second-order valence-corrected chi connectivity index (χ2v) is 5.56. The number of aryl methyl sites for hydroxylation is 2. The van der Waals surface area contributed by atoms with Crippen molar-refractivity contribution in [2.24, 2.45) is 0 Å². The lowest BCUT2D eigenvalue weighted by Gasteiger charge is -2.10. The first kappa shape index (κ1) is 15.0. The minimum absolute atomic E-state index is 0.194. The molecule has 116 valence electrons. The molecule has 23 heavy (non-hydrogen) atoms. The molecule has 0 aliphatic heterocycles. The molecule has 0 radical (unpaired) electrons. The molecule has 4 heteroatoms. The van der Waals surface area contributed by atoms with Gasteiger partial charge in [0.05, 0.1) is 5.56 Å². The largest absolute Gasteiger partial charge is 0.457 e. The number of hydrogen-bond donors (Lipinski definition) is 1. The minimum atomic E-state index is -0.434. The molecule has 0 saturated carbocycles. The van der Waals surface area contributed by atoms with Crippen LogP contribution in [-0.2, 0) is 11.3 Å². The van der Waals surface area contributed by atoms with Gasteiger partial charge in [0.25, 0.3) is 5.56 Å². The molecule has 0 aliphatic carbocycles. The summed E-state index contributed by atoms with van der Waals surface area (Å²) in [5, 5.41) is 1.12. The van der Waals surface area contributed by atoms with E-state index in [4.69, 9.17) is 4.74 Å². The van der Waals surface area contributed by atoms with Crippen LogP contribution in [0.5, 0.6) is 0 Å². The van der Waals surface area contributed by atoms with E-state index in [0.29, 0.717) is 22.0 Å². The van der Waals surface area contributed by atoms with Gasteiger partial charge in [-0.1, -0.05) is 48.0 Å². The number of carbonyl (C=O) groups excluding carboxylic acids is 1. The van der Waals surface area contributed by atoms with Gasteiger partial charge in [-0.25, -0.2) is 4.79 Å². The number of benzene rings is 2. The lowest BCUT2D eigenvalue weighted by atomic mass is 10.0. The standard InChI is InChI=1S/C19H17NO3/c1-12-8-9-15-16(10-12)18(21)20-13(2)17(15)19(22)23-11-14-6-4-3-5-7-14/h3-10H,11H2,1-2H3,(H,20,21). The average molecular weight is 307 g/mol. The Kier molecular flexibility index (Phi) is 3.98. The van der Waals surface area contributed by atoms with Crippen LogP contribution < -0.4 is 5.56 Å². The van der Waals surface area contributed by atoms with Gasteiger partial charge >= 0.3 is 5.97 Å². The van der Waals surface area contributed by atoms with Gasteiger partial charge in [-0.15, -0.1) is 0 Å². The highest BCUT2D eigenvalue weighted by atomic mass is 16.5. The number of H-pyrrole nitrogens is 1. The lowest BCUT2D eigenvalue weighted by molar-refractivity contribution is 0.0473. The van der Waals surface area contributed by atoms with E-state index in [1.807, 2.05) is 43.3 Å². The average Bonchev–Trinajstić information content (AvgIpc) is 2.54. The fourth-order valence-corrected chi connectivity index (χ4v) is 2.62. The number of pyridine rings is 1. The zero-order valence-electron chi connectivity index (χ0n) is 13.1. The molecule has 0 fully saturated rings. The molecular weight excluding hydrogens is 290 g/mol. The van der Waals surface area contributed by atoms with Crippen molar-refractivity contribution in [3.8, 4) is 0 Å². The molecule has 4 nitrogen and oxygen atoms in total. The summed E-state index contributed by atoms with van der Waals surface area (Å²) in [6.45, 7) is 3.82. The van der Waals surface area contributed by atoms with Crippen LogP contribution in [0, 0.1) is 13.8 Å². The number of ether oxygens (including phenoxy) is 1. The van der Waals surface area contributed by atoms with Crippen molar-refractivity contribution in [1.82, 2.24) is 4.98 Å². The van der Waals surface area contributed by atoms with Gasteiger partial charge in [0.1, 0.15) is 6.61 Å². The first-order chi connectivity index (χ1) is 11.1. The maximum Gasteiger partial charge on any atom is 0.340 e. The number of esters is 1. The zero-order valence-corrected chi connectivity index (χ0v) is 13.1. The first-order valence-electron chi connectivity index (χ1n) is 7.40. The van der Waals surface area contributed by atoms with Crippen LogP contribution in [0.15, 0.2) is 53.3 Å². The quantitative estimate of drug-likeness (QED) is 0.753. The Hall–Kier alpha value is -2.88. The fraction of sp³-hybridized carbons (Fsp3) is 0.158. The molecule has 0 saturated heterocycles. The number of carbonyl (C=O) groups is 1. The molecule has 1 heterocycles. The van der Waals surface area contributed by atoms with E-state index >= 15 is 0 Å². The highest BCUT2D eigenvalue weighted by Gasteiger charge is 2.17. The van der Waals surface area contributed by atoms with E-state index in [9.17, 15) is 9.59 Å². The summed E-state index contributed by atoms with van der Waals surface area (Å²) in [7, 11) is 0. The number of hydrogen-bond acceptors (Lipinski definition) is 3. The number of fused-ring (bicyclic) bond motifs is 1. The van der Waals surface area contributed by atoms with Crippen molar-refractivity contribution in [3.05, 3.63) is 81.3 Å². The molecule has 0 unspecified atom stereocenters. The van der Waals surface area contributed by atoms with Crippen molar-refractivity contribution < 1.29 is 9.53 Å². The summed E-state index contributed by atoms with van der Waals surface area (Å²) in [4.78, 5) is 27.3. The molecule has 3 rings (SSSR count). The fourth-order valence-electron chi connectivity index (χ4n) is 2.62. The molecule has 0 amide bonds. The predicted molar refractivity (Wildman–Crippen MR) is 89.6 cm³/mol. The summed E-state index contributed by atoms with van der Waals surface area (Å²) in [5.41, 5.74) is 2.62. The molecule has 0 spiro atoms. The lowest BCUT2D eigenvalue weighted by Crippen LogP contribution is -2.16. The summed E-state index contributed by atoms with van der Waals surface area (Å²) in [6.07, 6.45) is 0. The minimum Gasteiger partial charge on any atom is -0.457 e. The maximum absolute atomic E-state index is 12.5. The van der Waals surface area contributed by atoms with Gasteiger partial charge in [-0.2, -0.15) is 0 Å². The van der Waals surface area contributed by atoms with Crippen LogP contribution in [0.1, 0.15) is 27.2 Å². The number of aromatic amines is 1. The van der Waals surface area contributed by atoms with Gasteiger partial charge in [-0.05, 0) is 25.5 Å². The number of rotatable bonds is 3. The summed E-state index contributed by atoms with van der Waals surface area (Å²) < 4.78 is 5.41. The van der Waals surface area contributed by atoms with Crippen LogP contribution in [0.3, 0.4) is 0 Å². The van der Waals surface area contributed by atoms with Crippen LogP contribution in [0.2, 0.25) is 0 Å². The topological polar surface area (TPSA) is 59.2 Å². The van der Waals surface area contributed by atoms with Gasteiger partial charge in [0, 0.05) is 16.5 Å². The van der Waals surface area contributed by atoms with Gasteiger partial charge < -0.3 is 9.72 Å². The van der Waals surface area contributed by atoms with Crippen LogP contribution in [-0.4, -0.2) is 11.0 Å². The monoisotopic (exact) mass is 307 g/mol. The Morgan fingerprint density at radius 2 is 1.78 bits per heavy atom. The Bertz CT molecular complexity index is 926. The van der Waals surface area contributed by atoms with Crippen molar-refractivity contribution in [1.29, 1.82) is 0 Å². The van der Waals surface area contributed by atoms with E-state index in [1.165, 1.54) is 0 Å². The van der Waals surface area contributed by atoms with Crippen LogP contribution in [0.4, 0.5) is 0 Å². The first-order valence-corrected chi connectivity index (χ1v) is 7.40. The normalized spacial score (nSPS) is 10.7. The molecule has 0 atom stereocenters. The van der Waals surface area contributed by atoms with Crippen molar-refractivity contribution in [2.45, 2.75) is 20.5 Å². The second-order valence-electron chi connectivity index (χ2n) is 5.56. The third-order valence-electron chi connectivity index (χ3n) is 3.78. The molecular formula is C19H17NO3. The Morgan fingerprint density at radius 1 is 1.04 bits per heavy atom. The van der Waals surface area contributed by atoms with Crippen LogP contribution >= 0.6 is 0 Å². The summed E-state index contributed by atoms with van der Waals surface area (Å²) >= 11 is 0. The van der Waals surface area contributed by atoms with Gasteiger partial charge in [-0.3, -0.25) is 4.79 Å². The number of aromatic nitrogens is 1. The van der Waals surface area contributed by atoms with Gasteiger partial charge in [0.2, 0.25) is 0 Å². The van der Waals surface area contributed by atoms with Crippen LogP contribution in [0.25, 0.3) is 10.8 Å². The summed E-state index contributed by atoms with van der Waals surface area (Å²) in [6, 6.07) is 15.0. The van der Waals surface area contributed by atoms with E-state index in [2.05, 4.69) is 4.98 Å². The van der Waals surface area contributed by atoms with E-state index in [-0.39, 0.29) is 12.2 Å². The third-order valence-corrected chi connectivity index (χ3v) is 3.78. The third kappa shape index (κ3) is 3.01. The summed E-state index contributed by atoms with van der Waals surface area (Å²) in [5.74, 6) is -0.434. The molecule has 1 aromatic heterocycles. The molecule has 3 aromatic rings. The Balaban J connectivity index is 1.98. The maximum atomic E-state index is 12.5. The SMILES string of the molecule is Cc1ccc2c(C(=O)OCc3ccccc3)c(C)[nH]c(=O)c2c1.